The first-order valence-electron chi connectivity index (χ1n) is 7.40. The van der Waals surface area contributed by atoms with Gasteiger partial charge in [0.25, 0.3) is 0 Å². The standard InChI is InChI=1S/C18H20N2O2/c1-11-5-3-4-6-13(11)14-10-15(14)18(21)20-12-7-8-17(22-2)16(19)9-12/h3-9,14-15H,10,19H2,1-2H3,(H,20,21). The van der Waals surface area contributed by atoms with E-state index in [0.717, 1.165) is 6.42 Å². The lowest BCUT2D eigenvalue weighted by atomic mass is 10.0. The molecule has 3 rings (SSSR count). The summed E-state index contributed by atoms with van der Waals surface area (Å²) in [5.41, 5.74) is 9.61. The van der Waals surface area contributed by atoms with Crippen molar-refractivity contribution in [3.63, 3.8) is 0 Å². The Morgan fingerprint density at radius 1 is 1.27 bits per heavy atom. The van der Waals surface area contributed by atoms with E-state index in [2.05, 4.69) is 24.4 Å². The highest BCUT2D eigenvalue weighted by atomic mass is 16.5. The van der Waals surface area contributed by atoms with E-state index in [1.807, 2.05) is 12.1 Å². The molecule has 2 aromatic carbocycles. The predicted octanol–water partition coefficient (Wildman–Crippen LogP) is 3.33. The van der Waals surface area contributed by atoms with Gasteiger partial charge >= 0.3 is 0 Å². The number of anilines is 2. The number of nitrogens with one attached hydrogen (secondary N) is 1. The third-order valence-corrected chi connectivity index (χ3v) is 4.21. The molecule has 1 amide bonds. The summed E-state index contributed by atoms with van der Waals surface area (Å²) >= 11 is 0. The number of hydrogen-bond acceptors (Lipinski definition) is 3. The van der Waals surface area contributed by atoms with Gasteiger partial charge in [-0.25, -0.2) is 0 Å². The Hall–Kier alpha value is -2.49. The van der Waals surface area contributed by atoms with Gasteiger partial charge in [0.1, 0.15) is 5.75 Å². The monoisotopic (exact) mass is 296 g/mol. The molecule has 1 saturated carbocycles. The van der Waals surface area contributed by atoms with Gasteiger partial charge in [-0.15, -0.1) is 0 Å². The summed E-state index contributed by atoms with van der Waals surface area (Å²) < 4.78 is 5.12. The van der Waals surface area contributed by atoms with Crippen LogP contribution >= 0.6 is 0 Å². The van der Waals surface area contributed by atoms with Crippen molar-refractivity contribution in [1.82, 2.24) is 0 Å². The Bertz CT molecular complexity index is 712. The van der Waals surface area contributed by atoms with Crippen LogP contribution in [0.1, 0.15) is 23.5 Å². The van der Waals surface area contributed by atoms with Gasteiger partial charge in [0.15, 0.2) is 0 Å². The number of rotatable bonds is 4. The van der Waals surface area contributed by atoms with Crippen LogP contribution < -0.4 is 15.8 Å². The van der Waals surface area contributed by atoms with Crippen LogP contribution in [0, 0.1) is 12.8 Å². The number of nitrogens with two attached hydrogens (primary N) is 1. The molecule has 0 heterocycles. The minimum Gasteiger partial charge on any atom is -0.495 e. The fourth-order valence-corrected chi connectivity index (χ4v) is 2.88. The molecule has 22 heavy (non-hydrogen) atoms. The van der Waals surface area contributed by atoms with Gasteiger partial charge in [-0.1, -0.05) is 24.3 Å². The summed E-state index contributed by atoms with van der Waals surface area (Å²) in [6, 6.07) is 13.5. The van der Waals surface area contributed by atoms with Crippen LogP contribution in [0.25, 0.3) is 0 Å². The highest BCUT2D eigenvalue weighted by molar-refractivity contribution is 5.95. The number of methoxy groups -OCH3 is 1. The number of carbonyl (C=O) groups excluding carboxylic acids is 1. The fourth-order valence-electron chi connectivity index (χ4n) is 2.88. The maximum absolute atomic E-state index is 12.4. The van der Waals surface area contributed by atoms with Gasteiger partial charge < -0.3 is 15.8 Å². The lowest BCUT2D eigenvalue weighted by Crippen LogP contribution is -2.14. The van der Waals surface area contributed by atoms with Gasteiger partial charge in [-0.05, 0) is 48.6 Å². The second-order valence-electron chi connectivity index (χ2n) is 5.75. The molecule has 4 heteroatoms. The molecule has 3 N–H and O–H groups in total. The van der Waals surface area contributed by atoms with Gasteiger partial charge in [0.2, 0.25) is 5.91 Å². The maximum Gasteiger partial charge on any atom is 0.228 e. The first-order chi connectivity index (χ1) is 10.6. The SMILES string of the molecule is COc1ccc(NC(=O)C2CC2c2ccccc2C)cc1N. The first-order valence-corrected chi connectivity index (χ1v) is 7.40. The summed E-state index contributed by atoms with van der Waals surface area (Å²) in [6.45, 7) is 2.09. The average molecular weight is 296 g/mol. The van der Waals surface area contributed by atoms with E-state index in [9.17, 15) is 4.79 Å². The maximum atomic E-state index is 12.4. The molecular formula is C18H20N2O2. The fraction of sp³-hybridized carbons (Fsp3) is 0.278. The smallest absolute Gasteiger partial charge is 0.228 e. The predicted molar refractivity (Wildman–Crippen MR) is 88.1 cm³/mol. The van der Waals surface area contributed by atoms with Crippen LogP contribution in [-0.2, 0) is 4.79 Å². The number of benzene rings is 2. The van der Waals surface area contributed by atoms with Crippen LogP contribution in [-0.4, -0.2) is 13.0 Å². The van der Waals surface area contributed by atoms with Crippen LogP contribution in [0.5, 0.6) is 5.75 Å². The minimum absolute atomic E-state index is 0.0458. The van der Waals surface area contributed by atoms with E-state index >= 15 is 0 Å². The zero-order chi connectivity index (χ0) is 15.7. The van der Waals surface area contributed by atoms with E-state index in [-0.39, 0.29) is 11.8 Å². The van der Waals surface area contributed by atoms with Crippen molar-refractivity contribution in [1.29, 1.82) is 0 Å². The van der Waals surface area contributed by atoms with Gasteiger partial charge in [0.05, 0.1) is 12.8 Å². The highest BCUT2D eigenvalue weighted by Crippen LogP contribution is 2.49. The number of amides is 1. The summed E-state index contributed by atoms with van der Waals surface area (Å²) in [6.07, 6.45) is 0.905. The Kier molecular flexibility index (Phi) is 3.75. The van der Waals surface area contributed by atoms with Crippen molar-refractivity contribution in [2.75, 3.05) is 18.2 Å². The normalized spacial score (nSPS) is 19.5. The molecule has 1 aliphatic carbocycles. The number of nitrogen functional groups attached to an aromatic ring is 1. The molecule has 0 aromatic heterocycles. The summed E-state index contributed by atoms with van der Waals surface area (Å²) in [4.78, 5) is 12.4. The Morgan fingerprint density at radius 3 is 2.73 bits per heavy atom. The molecule has 2 atom stereocenters. The van der Waals surface area contributed by atoms with Crippen LogP contribution in [0.2, 0.25) is 0 Å². The van der Waals surface area contributed by atoms with Crippen molar-refractivity contribution in [2.24, 2.45) is 5.92 Å². The molecule has 114 valence electrons. The summed E-state index contributed by atoms with van der Waals surface area (Å²) in [5.74, 6) is 1.04. The number of carbonyl (C=O) groups is 1. The van der Waals surface area contributed by atoms with Crippen molar-refractivity contribution < 1.29 is 9.53 Å². The van der Waals surface area contributed by atoms with E-state index in [1.54, 1.807) is 25.3 Å². The second kappa shape index (κ2) is 5.72. The minimum atomic E-state index is 0.0458. The molecule has 0 spiro atoms. The quantitative estimate of drug-likeness (QED) is 0.851. The Morgan fingerprint density at radius 2 is 2.05 bits per heavy atom. The first kappa shape index (κ1) is 14.4. The van der Waals surface area contributed by atoms with Crippen molar-refractivity contribution in [2.45, 2.75) is 19.3 Å². The topological polar surface area (TPSA) is 64.3 Å². The number of ether oxygens (including phenoxy) is 1. The lowest BCUT2D eigenvalue weighted by Gasteiger charge is -2.09. The number of aryl methyl sites for hydroxylation is 1. The molecule has 4 nitrogen and oxygen atoms in total. The van der Waals surface area contributed by atoms with Crippen molar-refractivity contribution in [3.05, 3.63) is 53.6 Å². The molecule has 2 unspecified atom stereocenters. The van der Waals surface area contributed by atoms with Crippen molar-refractivity contribution >= 4 is 17.3 Å². The number of hydrogen-bond donors (Lipinski definition) is 2. The molecule has 0 bridgehead atoms. The summed E-state index contributed by atoms with van der Waals surface area (Å²) in [7, 11) is 1.57. The van der Waals surface area contributed by atoms with Crippen molar-refractivity contribution in [3.8, 4) is 5.75 Å². The second-order valence-corrected chi connectivity index (χ2v) is 5.75. The van der Waals surface area contributed by atoms with Crippen LogP contribution in [0.4, 0.5) is 11.4 Å². The lowest BCUT2D eigenvalue weighted by molar-refractivity contribution is -0.117. The van der Waals surface area contributed by atoms with E-state index in [1.165, 1.54) is 11.1 Å². The van der Waals surface area contributed by atoms with Crippen LogP contribution in [0.15, 0.2) is 42.5 Å². The molecule has 1 fully saturated rings. The zero-order valence-corrected chi connectivity index (χ0v) is 12.8. The van der Waals surface area contributed by atoms with Gasteiger partial charge in [0, 0.05) is 11.6 Å². The van der Waals surface area contributed by atoms with E-state index in [0.29, 0.717) is 23.0 Å². The molecule has 0 radical (unpaired) electrons. The van der Waals surface area contributed by atoms with Gasteiger partial charge in [-0.3, -0.25) is 4.79 Å². The zero-order valence-electron chi connectivity index (χ0n) is 12.8. The molecule has 0 saturated heterocycles. The van der Waals surface area contributed by atoms with Crippen LogP contribution in [0.3, 0.4) is 0 Å². The average Bonchev–Trinajstić information content (AvgIpc) is 3.28. The largest absolute Gasteiger partial charge is 0.495 e. The third-order valence-electron chi connectivity index (χ3n) is 4.21. The van der Waals surface area contributed by atoms with Gasteiger partial charge in [-0.2, -0.15) is 0 Å². The summed E-state index contributed by atoms with van der Waals surface area (Å²) in [5, 5.41) is 2.94. The molecule has 1 aliphatic rings. The van der Waals surface area contributed by atoms with E-state index < -0.39 is 0 Å². The third kappa shape index (κ3) is 2.77. The molecular weight excluding hydrogens is 276 g/mol. The highest BCUT2D eigenvalue weighted by Gasteiger charge is 2.44. The Balaban J connectivity index is 1.67. The van der Waals surface area contributed by atoms with E-state index in [4.69, 9.17) is 10.5 Å². The molecule has 2 aromatic rings. The molecule has 0 aliphatic heterocycles. The Labute approximate surface area is 130 Å².